The molecule has 182 valence electrons. The lowest BCUT2D eigenvalue weighted by atomic mass is 9.62. The molecule has 35 heavy (non-hydrogen) atoms. The van der Waals surface area contributed by atoms with Crippen molar-refractivity contribution in [3.05, 3.63) is 102 Å². The number of allylic oxidation sites excluding steroid dienone is 1. The molecule has 1 aliphatic carbocycles. The van der Waals surface area contributed by atoms with E-state index in [1.165, 1.54) is 41.1 Å². The predicted octanol–water partition coefficient (Wildman–Crippen LogP) is 7.72. The van der Waals surface area contributed by atoms with Crippen LogP contribution >= 0.6 is 11.8 Å². The number of methoxy groups -OCH3 is 1. The highest BCUT2D eigenvalue weighted by Crippen LogP contribution is 2.49. The number of aromatic nitrogens is 1. The van der Waals surface area contributed by atoms with Crippen molar-refractivity contribution in [2.24, 2.45) is 10.9 Å². The van der Waals surface area contributed by atoms with Gasteiger partial charge in [-0.3, -0.25) is 9.98 Å². The van der Waals surface area contributed by atoms with Crippen molar-refractivity contribution in [2.75, 3.05) is 14.2 Å². The van der Waals surface area contributed by atoms with E-state index in [1.54, 1.807) is 7.11 Å². The highest BCUT2D eigenvalue weighted by Gasteiger charge is 2.46. The van der Waals surface area contributed by atoms with Crippen LogP contribution in [0.25, 0.3) is 6.08 Å². The SMILES string of the molecule is CN=C(SCc1ccc(OC)cc1)[C@@]1(c2cccnc2)CCCC[C@@H]1C/C=C/c1ccc(F)cc1. The molecule has 0 amide bonds. The lowest BCUT2D eigenvalue weighted by Gasteiger charge is -2.45. The quantitative estimate of drug-likeness (QED) is 0.240. The number of halogens is 1. The number of aliphatic imine (C=N–C) groups is 1. The molecule has 0 N–H and O–H groups in total. The fourth-order valence-corrected chi connectivity index (χ4v) is 6.45. The molecular weight excluding hydrogens is 455 g/mol. The molecule has 1 aromatic heterocycles. The molecule has 4 rings (SSSR count). The third kappa shape index (κ3) is 6.02. The van der Waals surface area contributed by atoms with Gasteiger partial charge in [0.2, 0.25) is 0 Å². The summed E-state index contributed by atoms with van der Waals surface area (Å²) < 4.78 is 18.6. The first-order valence-electron chi connectivity index (χ1n) is 12.2. The van der Waals surface area contributed by atoms with Gasteiger partial charge in [0.1, 0.15) is 11.6 Å². The molecule has 0 radical (unpaired) electrons. The van der Waals surface area contributed by atoms with Crippen molar-refractivity contribution >= 4 is 22.9 Å². The lowest BCUT2D eigenvalue weighted by molar-refractivity contribution is 0.257. The number of hydrogen-bond acceptors (Lipinski definition) is 4. The molecular formula is C30H33FN2OS. The monoisotopic (exact) mass is 488 g/mol. The summed E-state index contributed by atoms with van der Waals surface area (Å²) in [4.78, 5) is 9.39. The summed E-state index contributed by atoms with van der Waals surface area (Å²) in [5, 5.41) is 1.18. The third-order valence-electron chi connectivity index (χ3n) is 6.97. The summed E-state index contributed by atoms with van der Waals surface area (Å²) in [6, 6.07) is 19.2. The average Bonchev–Trinajstić information content (AvgIpc) is 2.91. The fraction of sp³-hybridized carbons (Fsp3) is 0.333. The molecule has 3 nitrogen and oxygen atoms in total. The van der Waals surface area contributed by atoms with E-state index < -0.39 is 0 Å². The van der Waals surface area contributed by atoms with Crippen LogP contribution in [0.2, 0.25) is 0 Å². The Morgan fingerprint density at radius 3 is 2.63 bits per heavy atom. The smallest absolute Gasteiger partial charge is 0.123 e. The van der Waals surface area contributed by atoms with Crippen LogP contribution in [0.1, 0.15) is 48.8 Å². The van der Waals surface area contributed by atoms with E-state index in [2.05, 4.69) is 35.3 Å². The normalized spacial score (nSPS) is 20.8. The maximum Gasteiger partial charge on any atom is 0.123 e. The standard InChI is InChI=1S/C30H33FN2OS/c1-32-29(35-22-24-13-17-28(34-2)18-14-24)30(26-10-6-20-33-21-26)19-4-3-8-25(30)9-5-7-23-11-15-27(31)16-12-23/h5-7,10-18,20-21,25H,3-4,8-9,19,22H2,1-2H3/b7-5+,32-29?/t25-,30+/m1/s1. The van der Waals surface area contributed by atoms with Crippen LogP contribution in [0.4, 0.5) is 4.39 Å². The highest BCUT2D eigenvalue weighted by molar-refractivity contribution is 8.13. The Hall–Kier alpha value is -2.92. The number of nitrogens with zero attached hydrogens (tertiary/aromatic N) is 2. The van der Waals surface area contributed by atoms with Gasteiger partial charge in [0, 0.05) is 30.6 Å². The number of thioether (sulfide) groups is 1. The molecule has 1 aliphatic rings. The minimum Gasteiger partial charge on any atom is -0.497 e. The second kappa shape index (κ2) is 12.2. The largest absolute Gasteiger partial charge is 0.497 e. The molecule has 0 saturated heterocycles. The fourth-order valence-electron chi connectivity index (χ4n) is 5.18. The van der Waals surface area contributed by atoms with Crippen LogP contribution in [0.3, 0.4) is 0 Å². The molecule has 0 aliphatic heterocycles. The van der Waals surface area contributed by atoms with Crippen LogP contribution in [0.5, 0.6) is 5.75 Å². The maximum atomic E-state index is 13.3. The van der Waals surface area contributed by atoms with Crippen molar-refractivity contribution in [1.82, 2.24) is 4.98 Å². The van der Waals surface area contributed by atoms with Crippen LogP contribution in [-0.2, 0) is 11.2 Å². The molecule has 2 aromatic carbocycles. The Balaban J connectivity index is 1.61. The molecule has 5 heteroatoms. The number of ether oxygens (including phenoxy) is 1. The van der Waals surface area contributed by atoms with E-state index in [1.807, 2.05) is 61.5 Å². The molecule has 0 spiro atoms. The lowest BCUT2D eigenvalue weighted by Crippen LogP contribution is -2.44. The summed E-state index contributed by atoms with van der Waals surface area (Å²) >= 11 is 1.84. The van der Waals surface area contributed by atoms with Gasteiger partial charge in [0.25, 0.3) is 0 Å². The second-order valence-electron chi connectivity index (χ2n) is 9.01. The molecule has 0 bridgehead atoms. The average molecular weight is 489 g/mol. The van der Waals surface area contributed by atoms with Gasteiger partial charge in [-0.05, 0) is 72.2 Å². The Morgan fingerprint density at radius 2 is 1.94 bits per heavy atom. The van der Waals surface area contributed by atoms with Crippen molar-refractivity contribution in [3.8, 4) is 5.75 Å². The number of pyridine rings is 1. The van der Waals surface area contributed by atoms with Crippen molar-refractivity contribution < 1.29 is 9.13 Å². The Bertz CT molecular complexity index is 1130. The van der Waals surface area contributed by atoms with Gasteiger partial charge >= 0.3 is 0 Å². The van der Waals surface area contributed by atoms with Gasteiger partial charge in [-0.15, -0.1) is 11.8 Å². The summed E-state index contributed by atoms with van der Waals surface area (Å²) in [5.74, 6) is 1.94. The minimum atomic E-state index is -0.206. The number of hydrogen-bond donors (Lipinski definition) is 0. The van der Waals surface area contributed by atoms with E-state index in [9.17, 15) is 4.39 Å². The van der Waals surface area contributed by atoms with Gasteiger partial charge in [-0.1, -0.05) is 55.3 Å². The first-order chi connectivity index (χ1) is 17.2. The predicted molar refractivity (Wildman–Crippen MR) is 146 cm³/mol. The summed E-state index contributed by atoms with van der Waals surface area (Å²) in [5.41, 5.74) is 3.36. The molecule has 1 fully saturated rings. The van der Waals surface area contributed by atoms with Gasteiger partial charge in [0.15, 0.2) is 0 Å². The van der Waals surface area contributed by atoms with Crippen LogP contribution in [0.15, 0.2) is 84.1 Å². The van der Waals surface area contributed by atoms with Gasteiger partial charge in [-0.2, -0.15) is 0 Å². The minimum absolute atomic E-state index is 0.161. The summed E-state index contributed by atoms with van der Waals surface area (Å²) in [6.07, 6.45) is 13.8. The molecule has 2 atom stereocenters. The van der Waals surface area contributed by atoms with E-state index in [-0.39, 0.29) is 11.2 Å². The van der Waals surface area contributed by atoms with Crippen LogP contribution in [0, 0.1) is 11.7 Å². The number of rotatable bonds is 8. The van der Waals surface area contributed by atoms with E-state index in [0.717, 1.165) is 36.3 Å². The second-order valence-corrected chi connectivity index (χ2v) is 9.97. The topological polar surface area (TPSA) is 34.5 Å². The third-order valence-corrected chi connectivity index (χ3v) is 8.27. The first kappa shape index (κ1) is 25.2. The molecule has 0 unspecified atom stereocenters. The van der Waals surface area contributed by atoms with Gasteiger partial charge < -0.3 is 4.74 Å². The van der Waals surface area contributed by atoms with Crippen LogP contribution < -0.4 is 4.74 Å². The Morgan fingerprint density at radius 1 is 1.14 bits per heavy atom. The molecule has 1 saturated carbocycles. The first-order valence-corrected chi connectivity index (χ1v) is 13.2. The van der Waals surface area contributed by atoms with Gasteiger partial charge in [0.05, 0.1) is 12.2 Å². The number of benzene rings is 2. The van der Waals surface area contributed by atoms with E-state index in [0.29, 0.717) is 5.92 Å². The van der Waals surface area contributed by atoms with E-state index in [4.69, 9.17) is 9.73 Å². The molecule has 1 heterocycles. The zero-order valence-corrected chi connectivity index (χ0v) is 21.3. The van der Waals surface area contributed by atoms with Gasteiger partial charge in [-0.25, -0.2) is 4.39 Å². The molecule has 3 aromatic rings. The van der Waals surface area contributed by atoms with E-state index >= 15 is 0 Å². The summed E-state index contributed by atoms with van der Waals surface area (Å²) in [7, 11) is 3.62. The maximum absolute atomic E-state index is 13.3. The zero-order valence-electron chi connectivity index (χ0n) is 20.5. The van der Waals surface area contributed by atoms with Crippen molar-refractivity contribution in [2.45, 2.75) is 43.3 Å². The zero-order chi connectivity index (χ0) is 24.5. The summed E-state index contributed by atoms with van der Waals surface area (Å²) in [6.45, 7) is 0. The Kier molecular flexibility index (Phi) is 8.75. The van der Waals surface area contributed by atoms with Crippen molar-refractivity contribution in [3.63, 3.8) is 0 Å². The Labute approximate surface area is 212 Å². The van der Waals surface area contributed by atoms with Crippen LogP contribution in [-0.4, -0.2) is 24.2 Å². The highest BCUT2D eigenvalue weighted by atomic mass is 32.2. The van der Waals surface area contributed by atoms with Crippen molar-refractivity contribution in [1.29, 1.82) is 0 Å².